The van der Waals surface area contributed by atoms with E-state index >= 15 is 0 Å². The van der Waals surface area contributed by atoms with Gasteiger partial charge in [0, 0.05) is 26.7 Å². The average molecular weight is 332 g/mol. The summed E-state index contributed by atoms with van der Waals surface area (Å²) in [5.41, 5.74) is 1.77. The van der Waals surface area contributed by atoms with E-state index in [1.165, 1.54) is 12.1 Å². The molecule has 0 radical (unpaired) electrons. The van der Waals surface area contributed by atoms with Gasteiger partial charge in [-0.15, -0.1) is 0 Å². The first-order valence-electron chi connectivity index (χ1n) is 6.68. The fourth-order valence-corrected chi connectivity index (χ4v) is 3.78. The second-order valence-electron chi connectivity index (χ2n) is 5.27. The van der Waals surface area contributed by atoms with E-state index in [-0.39, 0.29) is 10.5 Å². The first-order chi connectivity index (χ1) is 10.4. The largest absolute Gasteiger partial charge is 0.321 e. The molecule has 110 valence electrons. The first kappa shape index (κ1) is 13.5. The second-order valence-corrected chi connectivity index (χ2v) is 7.83. The second kappa shape index (κ2) is 4.44. The molecule has 0 fully saturated rings. The van der Waals surface area contributed by atoms with Crippen molar-refractivity contribution in [3.63, 3.8) is 0 Å². The highest BCUT2D eigenvalue weighted by Gasteiger charge is 2.15. The quantitative estimate of drug-likeness (QED) is 0.665. The number of aromatic nitrogens is 1. The lowest BCUT2D eigenvalue weighted by Gasteiger charge is -2.06. The molecule has 4 nitrogen and oxygen atoms in total. The van der Waals surface area contributed by atoms with Crippen molar-refractivity contribution in [1.82, 2.24) is 4.98 Å². The van der Waals surface area contributed by atoms with Crippen LogP contribution in [0.2, 0.25) is 0 Å². The summed E-state index contributed by atoms with van der Waals surface area (Å²) in [5, 5.41) is 2.96. The Morgan fingerprint density at radius 1 is 1.23 bits per heavy atom. The van der Waals surface area contributed by atoms with Gasteiger partial charge in [0.05, 0.1) is 10.2 Å². The minimum Gasteiger partial charge on any atom is -0.321 e. The van der Waals surface area contributed by atoms with Crippen LogP contribution >= 0.6 is 10.7 Å². The van der Waals surface area contributed by atoms with Crippen LogP contribution < -0.4 is 16.0 Å². The van der Waals surface area contributed by atoms with Crippen molar-refractivity contribution in [3.8, 4) is 0 Å². The third-order valence-corrected chi connectivity index (χ3v) is 5.35. The molecular formula is C16H10ClNO3S. The third kappa shape index (κ3) is 1.90. The molecule has 0 saturated heterocycles. The Morgan fingerprint density at radius 3 is 2.82 bits per heavy atom. The summed E-state index contributed by atoms with van der Waals surface area (Å²) in [7, 11) is 1.62. The van der Waals surface area contributed by atoms with Gasteiger partial charge in [-0.3, -0.25) is 4.79 Å². The number of pyridine rings is 1. The molecule has 1 N–H and O–H groups in total. The van der Waals surface area contributed by atoms with Crippen LogP contribution in [-0.2, 0) is 15.5 Å². The number of hydrogen-bond donors (Lipinski definition) is 1. The molecular weight excluding hydrogens is 322 g/mol. The van der Waals surface area contributed by atoms with E-state index in [9.17, 15) is 13.2 Å². The number of fused-ring (bicyclic) bond motifs is 4. The van der Waals surface area contributed by atoms with E-state index in [0.29, 0.717) is 11.6 Å². The summed E-state index contributed by atoms with van der Waals surface area (Å²) in [5.74, 6) is 0. The highest BCUT2D eigenvalue weighted by molar-refractivity contribution is 8.13. The molecule has 0 spiro atoms. The van der Waals surface area contributed by atoms with E-state index in [4.69, 9.17) is 10.7 Å². The number of H-pyrrole nitrogens is 1. The van der Waals surface area contributed by atoms with Crippen LogP contribution in [0, 0.1) is 10.6 Å². The molecule has 0 amide bonds. The maximum Gasteiger partial charge on any atom is 0.261 e. The van der Waals surface area contributed by atoms with Gasteiger partial charge in [0.2, 0.25) is 0 Å². The van der Waals surface area contributed by atoms with Gasteiger partial charge in [0.15, 0.2) is 0 Å². The van der Waals surface area contributed by atoms with Crippen molar-refractivity contribution in [3.05, 3.63) is 72.8 Å². The molecule has 0 atom stereocenters. The minimum atomic E-state index is -3.77. The molecule has 0 bridgehead atoms. The number of hydrogen-bond acceptors (Lipinski definition) is 3. The normalized spacial score (nSPS) is 14.6. The fourth-order valence-electron chi connectivity index (χ4n) is 2.99. The summed E-state index contributed by atoms with van der Waals surface area (Å²) in [4.78, 5) is 15.2. The number of halogens is 1. The van der Waals surface area contributed by atoms with Gasteiger partial charge in [-0.05, 0) is 41.5 Å². The summed E-state index contributed by atoms with van der Waals surface area (Å²) in [6.45, 7) is 0. The zero-order valence-corrected chi connectivity index (χ0v) is 12.8. The van der Waals surface area contributed by atoms with Crippen LogP contribution in [0.1, 0.15) is 11.1 Å². The molecule has 2 aliphatic carbocycles. The first-order valence-corrected chi connectivity index (χ1v) is 8.99. The maximum atomic E-state index is 12.2. The topological polar surface area (TPSA) is 67.0 Å². The van der Waals surface area contributed by atoms with E-state index in [2.05, 4.69) is 4.98 Å². The Balaban J connectivity index is 2.18. The Bertz CT molecular complexity index is 1240. The summed E-state index contributed by atoms with van der Waals surface area (Å²) in [6.07, 6.45) is 8.24. The standard InChI is InChI=1S/C16H10ClNO3S/c17-22(20,21)10-5-6-11-9(7-10)8-14-12-3-1-2-4-13(12)16(19)18-15(11)14/h1-2,4-8H,3H2,(H,18,19). The maximum absolute atomic E-state index is 12.2. The SMILES string of the molecule is O=c1[nH]c2c(c3c1=CC=CC3)C=c1cc(S(=O)(=O)Cl)ccc1=2. The van der Waals surface area contributed by atoms with Gasteiger partial charge < -0.3 is 4.98 Å². The fraction of sp³-hybridized carbons (Fsp3) is 0.0625. The average Bonchev–Trinajstić information content (AvgIpc) is 2.85. The van der Waals surface area contributed by atoms with Crippen LogP contribution in [0.4, 0.5) is 0 Å². The van der Waals surface area contributed by atoms with E-state index < -0.39 is 9.05 Å². The van der Waals surface area contributed by atoms with Crippen LogP contribution in [0.25, 0.3) is 12.2 Å². The number of aromatic amines is 1. The van der Waals surface area contributed by atoms with Crippen molar-refractivity contribution < 1.29 is 8.42 Å². The highest BCUT2D eigenvalue weighted by atomic mass is 35.7. The Hall–Kier alpha value is -2.11. The molecule has 0 unspecified atom stereocenters. The van der Waals surface area contributed by atoms with E-state index in [1.807, 2.05) is 18.2 Å². The van der Waals surface area contributed by atoms with Gasteiger partial charge >= 0.3 is 0 Å². The van der Waals surface area contributed by atoms with Crippen molar-refractivity contribution >= 4 is 31.9 Å². The molecule has 4 rings (SSSR count). The van der Waals surface area contributed by atoms with E-state index in [0.717, 1.165) is 26.9 Å². The predicted octanol–water partition coefficient (Wildman–Crippen LogP) is 0.624. The lowest BCUT2D eigenvalue weighted by atomic mass is 10.0. The zero-order valence-electron chi connectivity index (χ0n) is 11.3. The van der Waals surface area contributed by atoms with Crippen molar-refractivity contribution in [2.75, 3.05) is 0 Å². The van der Waals surface area contributed by atoms with Gasteiger partial charge in [0.25, 0.3) is 14.6 Å². The highest BCUT2D eigenvalue weighted by Crippen LogP contribution is 2.16. The number of benzene rings is 1. The van der Waals surface area contributed by atoms with Gasteiger partial charge in [-0.2, -0.15) is 0 Å². The number of rotatable bonds is 1. The Morgan fingerprint density at radius 2 is 2.05 bits per heavy atom. The Labute approximate surface area is 129 Å². The van der Waals surface area contributed by atoms with Crippen LogP contribution in [0.5, 0.6) is 0 Å². The summed E-state index contributed by atoms with van der Waals surface area (Å²) >= 11 is 0. The monoisotopic (exact) mass is 331 g/mol. The molecule has 1 aromatic carbocycles. The molecule has 2 aromatic rings. The minimum absolute atomic E-state index is 0.0552. The Kier molecular flexibility index (Phi) is 2.74. The number of nitrogens with one attached hydrogen (secondary N) is 1. The molecule has 2 aliphatic rings. The van der Waals surface area contributed by atoms with Gasteiger partial charge in [0.1, 0.15) is 0 Å². The molecule has 0 aliphatic heterocycles. The molecule has 0 saturated carbocycles. The van der Waals surface area contributed by atoms with Crippen LogP contribution in [0.15, 0.2) is 40.0 Å². The van der Waals surface area contributed by atoms with E-state index in [1.54, 1.807) is 12.1 Å². The smallest absolute Gasteiger partial charge is 0.261 e. The van der Waals surface area contributed by atoms with Crippen molar-refractivity contribution in [2.24, 2.45) is 0 Å². The molecule has 22 heavy (non-hydrogen) atoms. The molecule has 1 aromatic heterocycles. The molecule has 6 heteroatoms. The van der Waals surface area contributed by atoms with Crippen molar-refractivity contribution in [1.29, 1.82) is 0 Å². The summed E-state index contributed by atoms with van der Waals surface area (Å²) < 4.78 is 22.9. The van der Waals surface area contributed by atoms with Crippen molar-refractivity contribution in [2.45, 2.75) is 11.3 Å². The lowest BCUT2D eigenvalue weighted by Crippen LogP contribution is -2.33. The predicted molar refractivity (Wildman–Crippen MR) is 84.3 cm³/mol. The lowest BCUT2D eigenvalue weighted by molar-refractivity contribution is 0.609. The van der Waals surface area contributed by atoms with Crippen LogP contribution in [0.3, 0.4) is 0 Å². The van der Waals surface area contributed by atoms with Crippen LogP contribution in [-0.4, -0.2) is 13.4 Å². The molecule has 1 heterocycles. The third-order valence-electron chi connectivity index (χ3n) is 4.00. The zero-order chi connectivity index (χ0) is 15.5. The summed E-state index contributed by atoms with van der Waals surface area (Å²) in [6, 6.07) is 4.66. The van der Waals surface area contributed by atoms with Gasteiger partial charge in [-0.25, -0.2) is 8.42 Å². The van der Waals surface area contributed by atoms with Gasteiger partial charge in [-0.1, -0.05) is 18.2 Å². The number of allylic oxidation sites excluding steroid dienone is 2.